The number of nitrogens with one attached hydrogen (secondary N) is 1. The molecule has 1 rings (SSSR count). The van der Waals surface area contributed by atoms with E-state index in [9.17, 15) is 0 Å². The lowest BCUT2D eigenvalue weighted by Gasteiger charge is -2.08. The van der Waals surface area contributed by atoms with Gasteiger partial charge in [0, 0.05) is 19.7 Å². The Labute approximate surface area is 114 Å². The monoisotopic (exact) mass is 269 g/mol. The summed E-state index contributed by atoms with van der Waals surface area (Å²) in [6, 6.07) is 2.01. The molecule has 1 heterocycles. The lowest BCUT2D eigenvalue weighted by atomic mass is 10.3. The summed E-state index contributed by atoms with van der Waals surface area (Å²) >= 11 is 1.79. The highest BCUT2D eigenvalue weighted by molar-refractivity contribution is 7.99. The van der Waals surface area contributed by atoms with Crippen molar-refractivity contribution in [3.63, 3.8) is 0 Å². The van der Waals surface area contributed by atoms with E-state index in [1.807, 2.05) is 6.07 Å². The van der Waals surface area contributed by atoms with Crippen LogP contribution in [0.25, 0.3) is 0 Å². The second-order valence-electron chi connectivity index (χ2n) is 4.03. The van der Waals surface area contributed by atoms with Crippen molar-refractivity contribution in [3.05, 3.63) is 11.9 Å². The number of hydrogen-bond acceptors (Lipinski definition) is 5. The molecule has 0 radical (unpaired) electrons. The molecule has 0 fully saturated rings. The molecule has 0 bridgehead atoms. The van der Waals surface area contributed by atoms with E-state index < -0.39 is 0 Å². The Morgan fingerprint density at radius 3 is 2.78 bits per heavy atom. The third kappa shape index (κ3) is 5.69. The van der Waals surface area contributed by atoms with Crippen LogP contribution in [0.5, 0.6) is 0 Å². The van der Waals surface area contributed by atoms with Gasteiger partial charge in [-0.3, -0.25) is 0 Å². The van der Waals surface area contributed by atoms with Crippen LogP contribution < -0.4 is 5.32 Å². The summed E-state index contributed by atoms with van der Waals surface area (Å²) in [5.41, 5.74) is 0. The fraction of sp³-hybridized carbons (Fsp3) is 0.692. The fourth-order valence-electron chi connectivity index (χ4n) is 1.54. The fourth-order valence-corrected chi connectivity index (χ4v) is 2.46. The smallest absolute Gasteiger partial charge is 0.157 e. The van der Waals surface area contributed by atoms with E-state index in [4.69, 9.17) is 4.74 Å². The van der Waals surface area contributed by atoms with Gasteiger partial charge in [0.1, 0.15) is 17.5 Å². The van der Waals surface area contributed by atoms with Gasteiger partial charge in [0.25, 0.3) is 0 Å². The van der Waals surface area contributed by atoms with E-state index in [1.165, 1.54) is 19.3 Å². The number of thioether (sulfide) groups is 1. The van der Waals surface area contributed by atoms with Crippen LogP contribution >= 0.6 is 11.8 Å². The van der Waals surface area contributed by atoms with Gasteiger partial charge in [-0.15, -0.1) is 11.8 Å². The van der Waals surface area contributed by atoms with Crippen LogP contribution in [0.2, 0.25) is 0 Å². The third-order valence-electron chi connectivity index (χ3n) is 2.38. The summed E-state index contributed by atoms with van der Waals surface area (Å²) in [5.74, 6) is 2.74. The van der Waals surface area contributed by atoms with E-state index in [1.54, 1.807) is 18.9 Å². The average Bonchev–Trinajstić information content (AvgIpc) is 2.35. The maximum absolute atomic E-state index is 5.10. The van der Waals surface area contributed by atoms with Crippen molar-refractivity contribution in [1.29, 1.82) is 0 Å². The molecule has 0 spiro atoms. The minimum atomic E-state index is 0.460. The van der Waals surface area contributed by atoms with E-state index in [2.05, 4.69) is 29.1 Å². The van der Waals surface area contributed by atoms with Gasteiger partial charge in [0.15, 0.2) is 5.82 Å². The molecule has 4 nitrogen and oxygen atoms in total. The second-order valence-corrected chi connectivity index (χ2v) is 5.14. The van der Waals surface area contributed by atoms with Crippen molar-refractivity contribution in [2.24, 2.45) is 0 Å². The largest absolute Gasteiger partial charge is 0.377 e. The van der Waals surface area contributed by atoms with Crippen LogP contribution in [0, 0.1) is 0 Å². The molecule has 0 unspecified atom stereocenters. The molecule has 102 valence electrons. The van der Waals surface area contributed by atoms with Crippen molar-refractivity contribution in [1.82, 2.24) is 9.97 Å². The van der Waals surface area contributed by atoms with Crippen molar-refractivity contribution >= 4 is 17.6 Å². The molecule has 0 aromatic carbocycles. The topological polar surface area (TPSA) is 47.0 Å². The van der Waals surface area contributed by atoms with Crippen LogP contribution in [0.1, 0.15) is 38.9 Å². The van der Waals surface area contributed by atoms with Gasteiger partial charge < -0.3 is 10.1 Å². The molecule has 0 saturated carbocycles. The van der Waals surface area contributed by atoms with E-state index in [-0.39, 0.29) is 0 Å². The lowest BCUT2D eigenvalue weighted by molar-refractivity contribution is 0.177. The first-order chi connectivity index (χ1) is 8.80. The minimum Gasteiger partial charge on any atom is -0.377 e. The van der Waals surface area contributed by atoms with Crippen LogP contribution in [-0.2, 0) is 11.3 Å². The number of ether oxygens (including phenoxy) is 1. The highest BCUT2D eigenvalue weighted by Gasteiger charge is 2.04. The summed E-state index contributed by atoms with van der Waals surface area (Å²) in [5, 5.41) is 4.26. The standard InChI is InChI=1S/C13H23N3OS/c1-4-6-7-8-18-13-9-11(14-5-2)15-12(16-13)10-17-3/h9H,4-8,10H2,1-3H3,(H,14,15,16). The molecule has 1 aromatic rings. The molecule has 0 amide bonds. The summed E-state index contributed by atoms with van der Waals surface area (Å²) in [7, 11) is 1.66. The van der Waals surface area contributed by atoms with Crippen molar-refractivity contribution in [3.8, 4) is 0 Å². The van der Waals surface area contributed by atoms with Gasteiger partial charge in [0.05, 0.1) is 0 Å². The molecular weight excluding hydrogens is 246 g/mol. The number of rotatable bonds is 9. The van der Waals surface area contributed by atoms with E-state index in [0.29, 0.717) is 6.61 Å². The molecule has 0 aliphatic carbocycles. The van der Waals surface area contributed by atoms with Gasteiger partial charge in [-0.25, -0.2) is 9.97 Å². The maximum Gasteiger partial charge on any atom is 0.157 e. The zero-order valence-electron chi connectivity index (χ0n) is 11.5. The number of hydrogen-bond donors (Lipinski definition) is 1. The van der Waals surface area contributed by atoms with Crippen LogP contribution in [-0.4, -0.2) is 29.4 Å². The predicted octanol–water partition coefficient (Wildman–Crippen LogP) is 3.34. The summed E-state index contributed by atoms with van der Waals surface area (Å²) in [6.45, 7) is 5.60. The highest BCUT2D eigenvalue weighted by atomic mass is 32.2. The first kappa shape index (κ1) is 15.2. The van der Waals surface area contributed by atoms with E-state index in [0.717, 1.165) is 29.0 Å². The Balaban J connectivity index is 2.63. The summed E-state index contributed by atoms with van der Waals surface area (Å²) in [6.07, 6.45) is 3.77. The Hall–Kier alpha value is -0.810. The van der Waals surface area contributed by atoms with Crippen LogP contribution in [0.15, 0.2) is 11.1 Å². The summed E-state index contributed by atoms with van der Waals surface area (Å²) in [4.78, 5) is 8.89. The number of unbranched alkanes of at least 4 members (excludes halogenated alkanes) is 2. The second kappa shape index (κ2) is 9.16. The van der Waals surface area contributed by atoms with Crippen LogP contribution in [0.3, 0.4) is 0 Å². The SMILES string of the molecule is CCCCCSc1cc(NCC)nc(COC)n1. The van der Waals surface area contributed by atoms with Crippen molar-refractivity contribution in [2.45, 2.75) is 44.7 Å². The number of aromatic nitrogens is 2. The van der Waals surface area contributed by atoms with Crippen molar-refractivity contribution < 1.29 is 4.74 Å². The quantitative estimate of drug-likeness (QED) is 0.423. The molecule has 0 aliphatic heterocycles. The van der Waals surface area contributed by atoms with Gasteiger partial charge in [-0.2, -0.15) is 0 Å². The Morgan fingerprint density at radius 1 is 1.28 bits per heavy atom. The number of anilines is 1. The zero-order valence-corrected chi connectivity index (χ0v) is 12.3. The Kier molecular flexibility index (Phi) is 7.76. The minimum absolute atomic E-state index is 0.460. The molecule has 1 aromatic heterocycles. The lowest BCUT2D eigenvalue weighted by Crippen LogP contribution is -2.05. The molecule has 0 saturated heterocycles. The first-order valence-corrected chi connectivity index (χ1v) is 7.52. The molecule has 0 atom stereocenters. The number of methoxy groups -OCH3 is 1. The van der Waals surface area contributed by atoms with Crippen molar-refractivity contribution in [2.75, 3.05) is 24.7 Å². The van der Waals surface area contributed by atoms with Gasteiger partial charge in [-0.05, 0) is 19.1 Å². The summed E-state index contributed by atoms with van der Waals surface area (Å²) < 4.78 is 5.10. The van der Waals surface area contributed by atoms with E-state index >= 15 is 0 Å². The first-order valence-electron chi connectivity index (χ1n) is 6.53. The molecular formula is C13H23N3OS. The maximum atomic E-state index is 5.10. The molecule has 5 heteroatoms. The molecule has 1 N–H and O–H groups in total. The van der Waals surface area contributed by atoms with Gasteiger partial charge in [-0.1, -0.05) is 19.8 Å². The average molecular weight is 269 g/mol. The third-order valence-corrected chi connectivity index (χ3v) is 3.38. The molecule has 18 heavy (non-hydrogen) atoms. The van der Waals surface area contributed by atoms with Gasteiger partial charge in [0.2, 0.25) is 0 Å². The number of nitrogens with zero attached hydrogens (tertiary/aromatic N) is 2. The van der Waals surface area contributed by atoms with Crippen LogP contribution in [0.4, 0.5) is 5.82 Å². The predicted molar refractivity (Wildman–Crippen MR) is 77.2 cm³/mol. The zero-order chi connectivity index (χ0) is 13.2. The highest BCUT2D eigenvalue weighted by Crippen LogP contribution is 2.20. The van der Waals surface area contributed by atoms with Gasteiger partial charge >= 0.3 is 0 Å². The Bertz CT molecular complexity index is 323. The molecule has 0 aliphatic rings. The normalized spacial score (nSPS) is 10.6. The Morgan fingerprint density at radius 2 is 2.11 bits per heavy atom.